The summed E-state index contributed by atoms with van der Waals surface area (Å²) in [4.78, 5) is 11.4. The predicted octanol–water partition coefficient (Wildman–Crippen LogP) is 2.84. The molecule has 0 aliphatic rings. The second-order valence-electron chi connectivity index (χ2n) is 2.59. The summed E-state index contributed by atoms with van der Waals surface area (Å²) in [6, 6.07) is 6.64. The molecule has 0 saturated heterocycles. The number of fused-ring (bicyclic) bond motifs is 1. The molecule has 0 unspecified atom stereocenters. The molecule has 1 aromatic heterocycles. The summed E-state index contributed by atoms with van der Waals surface area (Å²) >= 11 is 7.26. The zero-order valence-electron chi connectivity index (χ0n) is 6.45. The molecule has 0 atom stereocenters. The van der Waals surface area contributed by atoms with Crippen LogP contribution >= 0.6 is 28.6 Å². The highest BCUT2D eigenvalue weighted by molar-refractivity contribution is 9.10. The second-order valence-corrected chi connectivity index (χ2v) is 3.95. The minimum atomic E-state index is -0.0763. The van der Waals surface area contributed by atoms with Gasteiger partial charge >= 0.3 is 0 Å². The van der Waals surface area contributed by atoms with E-state index < -0.39 is 0 Å². The van der Waals surface area contributed by atoms with Gasteiger partial charge in [-0.1, -0.05) is 15.9 Å². The molecule has 0 N–H and O–H groups in total. The molecule has 13 heavy (non-hydrogen) atoms. The van der Waals surface area contributed by atoms with Crippen molar-refractivity contribution in [1.29, 1.82) is 0 Å². The highest BCUT2D eigenvalue weighted by Gasteiger charge is 2.02. The second kappa shape index (κ2) is 3.20. The molecule has 4 heteroatoms. The van der Waals surface area contributed by atoms with Gasteiger partial charge in [-0.05, 0) is 18.2 Å². The van der Waals surface area contributed by atoms with Gasteiger partial charge in [0.05, 0.1) is 5.39 Å². The minimum Gasteiger partial charge on any atom is -0.450 e. The van der Waals surface area contributed by atoms with Crippen molar-refractivity contribution in [3.63, 3.8) is 0 Å². The van der Waals surface area contributed by atoms with Gasteiger partial charge in [-0.2, -0.15) is 0 Å². The summed E-state index contributed by atoms with van der Waals surface area (Å²) in [6.45, 7) is 0. The summed E-state index contributed by atoms with van der Waals surface area (Å²) in [5, 5.41) is 0.895. The molecule has 66 valence electrons. The first kappa shape index (κ1) is 8.84. The Balaban J connectivity index is 2.95. The molecule has 0 saturated carbocycles. The van der Waals surface area contributed by atoms with Crippen molar-refractivity contribution < 1.29 is 4.42 Å². The predicted molar refractivity (Wildman–Crippen MR) is 57.4 cm³/mol. The van der Waals surface area contributed by atoms with Crippen LogP contribution in [0.4, 0.5) is 0 Å². The Labute approximate surface area is 88.1 Å². The van der Waals surface area contributed by atoms with E-state index in [-0.39, 0.29) is 5.43 Å². The van der Waals surface area contributed by atoms with Gasteiger partial charge in [-0.15, -0.1) is 12.6 Å². The van der Waals surface area contributed by atoms with Gasteiger partial charge < -0.3 is 4.42 Å². The lowest BCUT2D eigenvalue weighted by atomic mass is 10.2. The molecule has 0 amide bonds. The molecule has 2 nitrogen and oxygen atoms in total. The molecule has 2 rings (SSSR count). The number of hydrogen-bond acceptors (Lipinski definition) is 3. The molecule has 0 aliphatic carbocycles. The van der Waals surface area contributed by atoms with Crippen LogP contribution in [0, 0.1) is 0 Å². The fourth-order valence-electron chi connectivity index (χ4n) is 1.12. The van der Waals surface area contributed by atoms with E-state index in [1.54, 1.807) is 12.1 Å². The molecule has 0 bridgehead atoms. The van der Waals surface area contributed by atoms with Gasteiger partial charge in [0.1, 0.15) is 5.58 Å². The highest BCUT2D eigenvalue weighted by Crippen LogP contribution is 2.18. The third kappa shape index (κ3) is 1.64. The maximum atomic E-state index is 11.4. The Hall–Kier alpha value is -0.740. The molecule has 1 heterocycles. The van der Waals surface area contributed by atoms with Crippen molar-refractivity contribution in [3.8, 4) is 0 Å². The van der Waals surface area contributed by atoms with Gasteiger partial charge in [0.25, 0.3) is 0 Å². The van der Waals surface area contributed by atoms with Crippen LogP contribution in [0.2, 0.25) is 0 Å². The Morgan fingerprint density at radius 3 is 2.85 bits per heavy atom. The van der Waals surface area contributed by atoms with Gasteiger partial charge in [-0.3, -0.25) is 4.79 Å². The molecule has 0 fully saturated rings. The number of benzene rings is 1. The minimum absolute atomic E-state index is 0.0763. The van der Waals surface area contributed by atoms with E-state index in [1.807, 2.05) is 6.07 Å². The molecule has 2 aromatic rings. The Kier molecular flexibility index (Phi) is 2.17. The summed E-state index contributed by atoms with van der Waals surface area (Å²) in [6.07, 6.45) is 0. The van der Waals surface area contributed by atoms with E-state index in [9.17, 15) is 4.79 Å². The first-order valence-electron chi connectivity index (χ1n) is 3.59. The molecule has 0 aliphatic heterocycles. The molecule has 0 radical (unpaired) electrons. The topological polar surface area (TPSA) is 30.2 Å². The largest absolute Gasteiger partial charge is 0.450 e. The zero-order chi connectivity index (χ0) is 9.42. The van der Waals surface area contributed by atoms with Crippen LogP contribution in [-0.2, 0) is 0 Å². The standard InChI is InChI=1S/C9H5BrO2S/c10-5-1-2-8-6(3-5)7(11)4-9(13)12-8/h1-4,13H. The lowest BCUT2D eigenvalue weighted by Crippen LogP contribution is -1.98. The highest BCUT2D eigenvalue weighted by atomic mass is 79.9. The smallest absolute Gasteiger partial charge is 0.193 e. The van der Waals surface area contributed by atoms with Crippen LogP contribution in [0.3, 0.4) is 0 Å². The Bertz CT molecular complexity index is 518. The van der Waals surface area contributed by atoms with Crippen LogP contribution < -0.4 is 5.43 Å². The summed E-state index contributed by atoms with van der Waals surface area (Å²) in [5.74, 6) is 0. The van der Waals surface area contributed by atoms with E-state index in [0.29, 0.717) is 16.1 Å². The number of rotatable bonds is 0. The normalized spacial score (nSPS) is 10.6. The quantitative estimate of drug-likeness (QED) is 0.735. The third-order valence-corrected chi connectivity index (χ3v) is 2.39. The van der Waals surface area contributed by atoms with Crippen molar-refractivity contribution in [1.82, 2.24) is 0 Å². The van der Waals surface area contributed by atoms with Crippen LogP contribution in [0.15, 0.2) is 43.0 Å². The average molecular weight is 257 g/mol. The van der Waals surface area contributed by atoms with E-state index >= 15 is 0 Å². The van der Waals surface area contributed by atoms with Crippen LogP contribution in [0.5, 0.6) is 0 Å². The zero-order valence-corrected chi connectivity index (χ0v) is 8.93. The lowest BCUT2D eigenvalue weighted by molar-refractivity contribution is 0.502. The molecular weight excluding hydrogens is 252 g/mol. The van der Waals surface area contributed by atoms with Gasteiger partial charge in [0.2, 0.25) is 0 Å². The summed E-state index contributed by atoms with van der Waals surface area (Å²) in [5.41, 5.74) is 0.480. The number of thiol groups is 1. The van der Waals surface area contributed by atoms with E-state index in [1.165, 1.54) is 6.07 Å². The fraction of sp³-hybridized carbons (Fsp3) is 0. The van der Waals surface area contributed by atoms with Crippen molar-refractivity contribution in [2.75, 3.05) is 0 Å². The van der Waals surface area contributed by atoms with Gasteiger partial charge in [0.15, 0.2) is 10.5 Å². The number of hydrogen-bond donors (Lipinski definition) is 1. The Morgan fingerprint density at radius 2 is 2.08 bits per heavy atom. The van der Waals surface area contributed by atoms with Crippen LogP contribution in [-0.4, -0.2) is 0 Å². The first-order chi connectivity index (χ1) is 6.16. The SMILES string of the molecule is O=c1cc(S)oc2ccc(Br)cc12. The average Bonchev–Trinajstić information content (AvgIpc) is 2.06. The molecule has 1 aromatic carbocycles. The van der Waals surface area contributed by atoms with Crippen LogP contribution in [0.1, 0.15) is 0 Å². The monoisotopic (exact) mass is 256 g/mol. The maximum Gasteiger partial charge on any atom is 0.193 e. The van der Waals surface area contributed by atoms with Crippen molar-refractivity contribution in [2.45, 2.75) is 5.09 Å². The maximum absolute atomic E-state index is 11.4. The summed E-state index contributed by atoms with van der Waals surface area (Å²) in [7, 11) is 0. The lowest BCUT2D eigenvalue weighted by Gasteiger charge is -1.97. The van der Waals surface area contributed by atoms with Gasteiger partial charge in [-0.25, -0.2) is 0 Å². The number of halogens is 1. The van der Waals surface area contributed by atoms with E-state index in [4.69, 9.17) is 4.42 Å². The van der Waals surface area contributed by atoms with Crippen LogP contribution in [0.25, 0.3) is 11.0 Å². The van der Waals surface area contributed by atoms with Gasteiger partial charge in [0, 0.05) is 10.5 Å². The third-order valence-electron chi connectivity index (χ3n) is 1.68. The Morgan fingerprint density at radius 1 is 1.31 bits per heavy atom. The van der Waals surface area contributed by atoms with E-state index in [0.717, 1.165) is 4.47 Å². The first-order valence-corrected chi connectivity index (χ1v) is 4.83. The van der Waals surface area contributed by atoms with E-state index in [2.05, 4.69) is 28.6 Å². The van der Waals surface area contributed by atoms with Crippen molar-refractivity contribution in [2.24, 2.45) is 0 Å². The van der Waals surface area contributed by atoms with Crippen molar-refractivity contribution >= 4 is 39.5 Å². The fourth-order valence-corrected chi connectivity index (χ4v) is 1.69. The summed E-state index contributed by atoms with van der Waals surface area (Å²) < 4.78 is 6.10. The molecular formula is C9H5BrO2S. The molecule has 0 spiro atoms. The van der Waals surface area contributed by atoms with Crippen molar-refractivity contribution in [3.05, 3.63) is 39.0 Å².